The van der Waals surface area contributed by atoms with E-state index in [1.54, 1.807) is 30.3 Å². The van der Waals surface area contributed by atoms with Gasteiger partial charge in [-0.2, -0.15) is 5.26 Å². The fourth-order valence-corrected chi connectivity index (χ4v) is 1.35. The Kier molecular flexibility index (Phi) is 2.84. The minimum Gasteiger partial charge on any atom is -0.426 e. The van der Waals surface area contributed by atoms with Crippen LogP contribution < -0.4 is 4.74 Å². The number of hydrogen-bond acceptors (Lipinski definition) is 3. The van der Waals surface area contributed by atoms with Crippen LogP contribution >= 0.6 is 11.6 Å². The van der Waals surface area contributed by atoms with Gasteiger partial charge in [0.15, 0.2) is 0 Å². The molecule has 0 atom stereocenters. The van der Waals surface area contributed by atoms with Crippen LogP contribution in [0.3, 0.4) is 0 Å². The van der Waals surface area contributed by atoms with Crippen molar-refractivity contribution in [1.82, 2.24) is 0 Å². The van der Waals surface area contributed by atoms with Gasteiger partial charge in [0.1, 0.15) is 11.8 Å². The molecule has 80 valence electrons. The molecule has 1 aromatic carbocycles. The lowest BCUT2D eigenvalue weighted by molar-refractivity contribution is 0.343. The first-order valence-electron chi connectivity index (χ1n) is 4.63. The van der Waals surface area contributed by atoms with Gasteiger partial charge in [-0.3, -0.25) is 0 Å². The van der Waals surface area contributed by atoms with E-state index in [9.17, 15) is 0 Å². The van der Waals surface area contributed by atoms with E-state index in [1.807, 2.05) is 13.0 Å². The summed E-state index contributed by atoms with van der Waals surface area (Å²) in [5.41, 5.74) is 0.922. The maximum absolute atomic E-state index is 8.58. The smallest absolute Gasteiger partial charge is 0.291 e. The molecular weight excluding hydrogens is 226 g/mol. The van der Waals surface area contributed by atoms with Crippen LogP contribution in [0.25, 0.3) is 0 Å². The van der Waals surface area contributed by atoms with Gasteiger partial charge in [-0.15, -0.1) is 0 Å². The van der Waals surface area contributed by atoms with Crippen molar-refractivity contribution in [3.63, 3.8) is 0 Å². The highest BCUT2D eigenvalue weighted by Gasteiger charge is 2.04. The zero-order valence-corrected chi connectivity index (χ0v) is 9.28. The Morgan fingerprint density at radius 3 is 2.75 bits per heavy atom. The summed E-state index contributed by atoms with van der Waals surface area (Å²) in [6.07, 6.45) is 0. The molecule has 0 radical (unpaired) electrons. The van der Waals surface area contributed by atoms with Crippen molar-refractivity contribution >= 4 is 11.6 Å². The highest BCUT2D eigenvalue weighted by atomic mass is 35.5. The van der Waals surface area contributed by atoms with Gasteiger partial charge >= 0.3 is 0 Å². The quantitative estimate of drug-likeness (QED) is 0.790. The fraction of sp³-hybridized carbons (Fsp3) is 0.0833. The molecule has 0 fully saturated rings. The zero-order chi connectivity index (χ0) is 11.5. The van der Waals surface area contributed by atoms with Crippen molar-refractivity contribution < 1.29 is 9.15 Å². The molecule has 16 heavy (non-hydrogen) atoms. The topological polar surface area (TPSA) is 46.2 Å². The van der Waals surface area contributed by atoms with Gasteiger partial charge in [0, 0.05) is 11.1 Å². The van der Waals surface area contributed by atoms with Gasteiger partial charge in [-0.05, 0) is 36.8 Å². The first-order valence-corrected chi connectivity index (χ1v) is 5.01. The number of nitriles is 1. The van der Waals surface area contributed by atoms with Gasteiger partial charge in [0.2, 0.25) is 5.76 Å². The van der Waals surface area contributed by atoms with E-state index in [0.29, 0.717) is 16.7 Å². The van der Waals surface area contributed by atoms with E-state index in [1.165, 1.54) is 0 Å². The molecule has 0 bridgehead atoms. The fourth-order valence-electron chi connectivity index (χ4n) is 1.23. The summed E-state index contributed by atoms with van der Waals surface area (Å²) in [6.45, 7) is 1.89. The second-order valence-electron chi connectivity index (χ2n) is 3.24. The summed E-state index contributed by atoms with van der Waals surface area (Å²) >= 11 is 5.89. The molecule has 0 amide bonds. The average molecular weight is 234 g/mol. The summed E-state index contributed by atoms with van der Waals surface area (Å²) in [5, 5.41) is 9.27. The molecule has 4 heteroatoms. The van der Waals surface area contributed by atoms with Crippen LogP contribution in [-0.4, -0.2) is 0 Å². The van der Waals surface area contributed by atoms with E-state index in [0.717, 1.165) is 5.56 Å². The molecule has 0 unspecified atom stereocenters. The highest BCUT2D eigenvalue weighted by molar-refractivity contribution is 6.31. The van der Waals surface area contributed by atoms with Crippen LogP contribution in [0.5, 0.6) is 11.7 Å². The van der Waals surface area contributed by atoms with Gasteiger partial charge in [0.25, 0.3) is 5.95 Å². The first kappa shape index (κ1) is 10.6. The summed E-state index contributed by atoms with van der Waals surface area (Å²) < 4.78 is 10.5. The first-order chi connectivity index (χ1) is 7.69. The summed E-state index contributed by atoms with van der Waals surface area (Å²) in [5.74, 6) is 1.14. The Bertz CT molecular complexity index is 554. The van der Waals surface area contributed by atoms with Gasteiger partial charge in [-0.1, -0.05) is 11.6 Å². The summed E-state index contributed by atoms with van der Waals surface area (Å²) in [6, 6.07) is 10.3. The number of furan rings is 1. The predicted molar refractivity (Wildman–Crippen MR) is 59.7 cm³/mol. The van der Waals surface area contributed by atoms with E-state index in [-0.39, 0.29) is 5.76 Å². The monoisotopic (exact) mass is 233 g/mol. The number of nitrogens with zero attached hydrogens (tertiary/aromatic N) is 1. The van der Waals surface area contributed by atoms with Crippen molar-refractivity contribution in [2.24, 2.45) is 0 Å². The lowest BCUT2D eigenvalue weighted by Gasteiger charge is -2.03. The Morgan fingerprint density at radius 1 is 1.31 bits per heavy atom. The molecule has 0 saturated carbocycles. The van der Waals surface area contributed by atoms with Crippen LogP contribution in [0.1, 0.15) is 11.3 Å². The molecule has 2 rings (SSSR count). The molecule has 1 aromatic heterocycles. The van der Waals surface area contributed by atoms with Crippen LogP contribution in [0, 0.1) is 18.3 Å². The van der Waals surface area contributed by atoms with E-state index >= 15 is 0 Å². The Balaban J connectivity index is 2.21. The minimum absolute atomic E-state index is 0.223. The Labute approximate surface area is 97.8 Å². The third kappa shape index (κ3) is 2.18. The number of hydrogen-bond donors (Lipinski definition) is 0. The lowest BCUT2D eigenvalue weighted by Crippen LogP contribution is -1.83. The van der Waals surface area contributed by atoms with Gasteiger partial charge in [0.05, 0.1) is 0 Å². The maximum atomic E-state index is 8.58. The summed E-state index contributed by atoms with van der Waals surface area (Å²) in [4.78, 5) is 0. The molecule has 1 heterocycles. The lowest BCUT2D eigenvalue weighted by atomic mass is 10.2. The zero-order valence-electron chi connectivity index (χ0n) is 8.53. The molecule has 2 aromatic rings. The van der Waals surface area contributed by atoms with Crippen LogP contribution in [0.2, 0.25) is 5.02 Å². The highest BCUT2D eigenvalue weighted by Crippen LogP contribution is 2.26. The van der Waals surface area contributed by atoms with Gasteiger partial charge < -0.3 is 9.15 Å². The third-order valence-electron chi connectivity index (χ3n) is 2.04. The molecule has 0 saturated heterocycles. The average Bonchev–Trinajstić information content (AvgIpc) is 2.71. The normalized spacial score (nSPS) is 9.81. The second kappa shape index (κ2) is 4.30. The SMILES string of the molecule is Cc1cc(Oc2ccc(C#N)o2)ccc1Cl. The van der Waals surface area contributed by atoms with E-state index in [4.69, 9.17) is 26.0 Å². The van der Waals surface area contributed by atoms with Crippen LogP contribution in [0.4, 0.5) is 0 Å². The van der Waals surface area contributed by atoms with Crippen molar-refractivity contribution in [2.75, 3.05) is 0 Å². The molecule has 3 nitrogen and oxygen atoms in total. The van der Waals surface area contributed by atoms with Gasteiger partial charge in [-0.25, -0.2) is 0 Å². The van der Waals surface area contributed by atoms with Crippen LogP contribution in [0.15, 0.2) is 34.7 Å². The van der Waals surface area contributed by atoms with Crippen molar-refractivity contribution in [2.45, 2.75) is 6.92 Å². The number of aryl methyl sites for hydroxylation is 1. The van der Waals surface area contributed by atoms with Crippen molar-refractivity contribution in [1.29, 1.82) is 5.26 Å². The molecule has 0 aliphatic heterocycles. The Hall–Kier alpha value is -1.92. The Morgan fingerprint density at radius 2 is 2.12 bits per heavy atom. The number of rotatable bonds is 2. The molecule has 0 aliphatic carbocycles. The molecule has 0 N–H and O–H groups in total. The second-order valence-corrected chi connectivity index (χ2v) is 3.65. The largest absolute Gasteiger partial charge is 0.426 e. The molecule has 0 aliphatic rings. The molecule has 0 spiro atoms. The number of ether oxygens (including phenoxy) is 1. The van der Waals surface area contributed by atoms with E-state index < -0.39 is 0 Å². The van der Waals surface area contributed by atoms with Crippen molar-refractivity contribution in [3.8, 4) is 17.8 Å². The molecular formula is C12H8ClNO2. The summed E-state index contributed by atoms with van der Waals surface area (Å²) in [7, 11) is 0. The van der Waals surface area contributed by atoms with E-state index in [2.05, 4.69) is 0 Å². The van der Waals surface area contributed by atoms with Crippen molar-refractivity contribution in [3.05, 3.63) is 46.7 Å². The maximum Gasteiger partial charge on any atom is 0.291 e. The standard InChI is InChI=1S/C12H8ClNO2/c1-8-6-9(2-4-11(8)13)15-12-5-3-10(7-14)16-12/h2-6H,1H3. The minimum atomic E-state index is 0.223. The third-order valence-corrected chi connectivity index (χ3v) is 2.46. The number of benzene rings is 1. The number of halogens is 1. The van der Waals surface area contributed by atoms with Crippen LogP contribution in [-0.2, 0) is 0 Å². The predicted octanol–water partition coefficient (Wildman–Crippen LogP) is 3.91.